The minimum atomic E-state index is -0.353. The molecule has 0 aliphatic carbocycles. The van der Waals surface area contributed by atoms with Gasteiger partial charge in [-0.2, -0.15) is 0 Å². The predicted molar refractivity (Wildman–Crippen MR) is 73.5 cm³/mol. The molecule has 3 nitrogen and oxygen atoms in total. The molecule has 0 bridgehead atoms. The second-order valence-corrected chi connectivity index (χ2v) is 5.76. The summed E-state index contributed by atoms with van der Waals surface area (Å²) in [6.45, 7) is 7.92. The summed E-state index contributed by atoms with van der Waals surface area (Å²) < 4.78 is 5.81. The molecule has 0 aromatic heterocycles. The largest absolute Gasteiger partial charge is 0.452 e. The van der Waals surface area contributed by atoms with Gasteiger partial charge in [-0.15, -0.1) is 0 Å². The maximum atomic E-state index is 11.8. The summed E-state index contributed by atoms with van der Waals surface area (Å²) in [6, 6.07) is 5.82. The number of nitrogens with zero attached hydrogens (tertiary/aromatic N) is 1. The highest BCUT2D eigenvalue weighted by Gasteiger charge is 2.29. The average molecular weight is 300 g/mol. The van der Waals surface area contributed by atoms with Gasteiger partial charge in [0.15, 0.2) is 0 Å². The molecule has 17 heavy (non-hydrogen) atoms. The van der Waals surface area contributed by atoms with E-state index in [0.717, 1.165) is 15.7 Å². The van der Waals surface area contributed by atoms with Crippen molar-refractivity contribution in [1.29, 1.82) is 0 Å². The van der Waals surface area contributed by atoms with E-state index in [1.54, 1.807) is 4.90 Å². The minimum Gasteiger partial charge on any atom is -0.452 e. The minimum absolute atomic E-state index is 0.332. The van der Waals surface area contributed by atoms with E-state index >= 15 is 0 Å². The van der Waals surface area contributed by atoms with Gasteiger partial charge in [-0.1, -0.05) is 22.0 Å². The van der Waals surface area contributed by atoms with Crippen LogP contribution in [-0.4, -0.2) is 18.7 Å². The monoisotopic (exact) mass is 299 g/mol. The number of anilines is 1. The van der Waals surface area contributed by atoms with Gasteiger partial charge < -0.3 is 4.74 Å². The van der Waals surface area contributed by atoms with Gasteiger partial charge in [0.25, 0.3) is 0 Å². The lowest BCUT2D eigenvalue weighted by Crippen LogP contribution is -2.45. The SMILES string of the molecule is COC(=O)N(c1ccc(C)c(Br)c1)C(C)(C)C. The molecule has 0 radical (unpaired) electrons. The molecule has 1 aromatic rings. The highest BCUT2D eigenvalue weighted by atomic mass is 79.9. The molecule has 0 saturated heterocycles. The van der Waals surface area contributed by atoms with Gasteiger partial charge in [0.1, 0.15) is 0 Å². The molecule has 1 aromatic carbocycles. The first-order chi connectivity index (χ1) is 7.77. The molecule has 0 spiro atoms. The molecular formula is C13H18BrNO2. The van der Waals surface area contributed by atoms with Crippen LogP contribution in [0.1, 0.15) is 26.3 Å². The van der Waals surface area contributed by atoms with Crippen molar-refractivity contribution < 1.29 is 9.53 Å². The van der Waals surface area contributed by atoms with Crippen molar-refractivity contribution in [1.82, 2.24) is 0 Å². The standard InChI is InChI=1S/C13H18BrNO2/c1-9-6-7-10(8-11(9)14)15(12(16)17-5)13(2,3)4/h6-8H,1-5H3. The van der Waals surface area contributed by atoms with Crippen LogP contribution in [0.2, 0.25) is 0 Å². The van der Waals surface area contributed by atoms with E-state index in [9.17, 15) is 4.79 Å². The van der Waals surface area contributed by atoms with Crippen LogP contribution in [0.3, 0.4) is 0 Å². The van der Waals surface area contributed by atoms with Crippen molar-refractivity contribution in [2.24, 2.45) is 0 Å². The quantitative estimate of drug-likeness (QED) is 0.780. The summed E-state index contributed by atoms with van der Waals surface area (Å²) in [5.41, 5.74) is 1.62. The fraction of sp³-hybridized carbons (Fsp3) is 0.462. The third-order valence-electron chi connectivity index (χ3n) is 2.44. The van der Waals surface area contributed by atoms with E-state index in [0.29, 0.717) is 0 Å². The van der Waals surface area contributed by atoms with E-state index < -0.39 is 0 Å². The van der Waals surface area contributed by atoms with Crippen LogP contribution in [-0.2, 0) is 4.74 Å². The van der Waals surface area contributed by atoms with Crippen LogP contribution in [0.15, 0.2) is 22.7 Å². The first-order valence-corrected chi connectivity index (χ1v) is 6.21. The molecule has 0 N–H and O–H groups in total. The van der Waals surface area contributed by atoms with E-state index in [1.807, 2.05) is 45.9 Å². The lowest BCUT2D eigenvalue weighted by molar-refractivity contribution is 0.172. The Labute approximate surface area is 111 Å². The number of benzene rings is 1. The molecule has 4 heteroatoms. The lowest BCUT2D eigenvalue weighted by Gasteiger charge is -2.34. The molecule has 0 aliphatic rings. The number of aryl methyl sites for hydroxylation is 1. The Bertz CT molecular complexity index is 424. The lowest BCUT2D eigenvalue weighted by atomic mass is 10.1. The number of carbonyl (C=O) groups is 1. The molecule has 0 fully saturated rings. The smallest absolute Gasteiger partial charge is 0.414 e. The van der Waals surface area contributed by atoms with Gasteiger partial charge in [-0.3, -0.25) is 4.90 Å². The Morgan fingerprint density at radius 2 is 1.94 bits per heavy atom. The van der Waals surface area contributed by atoms with E-state index in [1.165, 1.54) is 7.11 Å². The number of halogens is 1. The van der Waals surface area contributed by atoms with Crippen LogP contribution >= 0.6 is 15.9 Å². The van der Waals surface area contributed by atoms with E-state index in [2.05, 4.69) is 15.9 Å². The molecule has 0 heterocycles. The number of methoxy groups -OCH3 is 1. The van der Waals surface area contributed by atoms with Crippen LogP contribution in [0.5, 0.6) is 0 Å². The van der Waals surface area contributed by atoms with Gasteiger partial charge in [0.2, 0.25) is 0 Å². The number of hydrogen-bond donors (Lipinski definition) is 0. The highest BCUT2D eigenvalue weighted by molar-refractivity contribution is 9.10. The highest BCUT2D eigenvalue weighted by Crippen LogP contribution is 2.29. The first-order valence-electron chi connectivity index (χ1n) is 5.41. The zero-order chi connectivity index (χ0) is 13.2. The summed E-state index contributed by atoms with van der Waals surface area (Å²) in [5.74, 6) is 0. The zero-order valence-electron chi connectivity index (χ0n) is 10.9. The van der Waals surface area contributed by atoms with Crippen molar-refractivity contribution in [3.63, 3.8) is 0 Å². The Balaban J connectivity index is 3.23. The topological polar surface area (TPSA) is 29.5 Å². The molecule has 0 atom stereocenters. The first kappa shape index (κ1) is 14.0. The number of carbonyl (C=O) groups excluding carboxylic acids is 1. The van der Waals surface area contributed by atoms with Gasteiger partial charge >= 0.3 is 6.09 Å². The molecular weight excluding hydrogens is 282 g/mol. The predicted octanol–water partition coefficient (Wildman–Crippen LogP) is 4.13. The van der Waals surface area contributed by atoms with E-state index in [4.69, 9.17) is 4.74 Å². The number of hydrogen-bond acceptors (Lipinski definition) is 2. The number of ether oxygens (including phenoxy) is 1. The third kappa shape index (κ3) is 3.22. The molecule has 94 valence electrons. The van der Waals surface area contributed by atoms with Crippen LogP contribution in [0.25, 0.3) is 0 Å². The summed E-state index contributed by atoms with van der Waals surface area (Å²) >= 11 is 3.47. The summed E-state index contributed by atoms with van der Waals surface area (Å²) in [4.78, 5) is 13.5. The van der Waals surface area contributed by atoms with Crippen LogP contribution in [0.4, 0.5) is 10.5 Å². The Hall–Kier alpha value is -1.03. The van der Waals surface area contributed by atoms with Crippen molar-refractivity contribution in [3.05, 3.63) is 28.2 Å². The Morgan fingerprint density at radius 3 is 2.35 bits per heavy atom. The second-order valence-electron chi connectivity index (χ2n) is 4.91. The van der Waals surface area contributed by atoms with Gasteiger partial charge in [0.05, 0.1) is 7.11 Å². The fourth-order valence-corrected chi connectivity index (χ4v) is 1.95. The van der Waals surface area contributed by atoms with E-state index in [-0.39, 0.29) is 11.6 Å². The molecule has 1 rings (SSSR count). The van der Waals surface area contributed by atoms with Gasteiger partial charge in [-0.25, -0.2) is 4.79 Å². The summed E-state index contributed by atoms with van der Waals surface area (Å²) in [5, 5.41) is 0. The third-order valence-corrected chi connectivity index (χ3v) is 3.30. The zero-order valence-corrected chi connectivity index (χ0v) is 12.5. The molecule has 0 unspecified atom stereocenters. The molecule has 1 amide bonds. The molecule has 0 aliphatic heterocycles. The normalized spacial score (nSPS) is 11.2. The maximum Gasteiger partial charge on any atom is 0.414 e. The summed E-state index contributed by atoms with van der Waals surface area (Å²) in [7, 11) is 1.39. The van der Waals surface area contributed by atoms with Crippen molar-refractivity contribution in [2.75, 3.05) is 12.0 Å². The van der Waals surface area contributed by atoms with Crippen LogP contribution < -0.4 is 4.90 Å². The Morgan fingerprint density at radius 1 is 1.35 bits per heavy atom. The Kier molecular flexibility index (Phi) is 4.20. The number of amides is 1. The second kappa shape index (κ2) is 5.08. The van der Waals surface area contributed by atoms with Gasteiger partial charge in [-0.05, 0) is 45.4 Å². The van der Waals surface area contributed by atoms with Crippen molar-refractivity contribution >= 4 is 27.7 Å². The van der Waals surface area contributed by atoms with Crippen LogP contribution in [0, 0.1) is 6.92 Å². The molecule has 0 saturated carbocycles. The number of rotatable bonds is 1. The van der Waals surface area contributed by atoms with Crippen molar-refractivity contribution in [3.8, 4) is 0 Å². The maximum absolute atomic E-state index is 11.8. The van der Waals surface area contributed by atoms with Crippen molar-refractivity contribution in [2.45, 2.75) is 33.2 Å². The fourth-order valence-electron chi connectivity index (χ4n) is 1.58. The summed E-state index contributed by atoms with van der Waals surface area (Å²) in [6.07, 6.45) is -0.353. The average Bonchev–Trinajstić information content (AvgIpc) is 2.21. The van der Waals surface area contributed by atoms with Gasteiger partial charge in [0, 0.05) is 15.7 Å².